The van der Waals surface area contributed by atoms with Gasteiger partial charge in [-0.1, -0.05) is 12.1 Å². The highest BCUT2D eigenvalue weighted by atomic mass is 19.4. The predicted octanol–water partition coefficient (Wildman–Crippen LogP) is 6.72. The lowest BCUT2D eigenvalue weighted by Crippen LogP contribution is -2.27. The van der Waals surface area contributed by atoms with E-state index in [1.165, 1.54) is 19.1 Å². The van der Waals surface area contributed by atoms with Gasteiger partial charge in [0.2, 0.25) is 0 Å². The summed E-state index contributed by atoms with van der Waals surface area (Å²) < 4.78 is 98.7. The van der Waals surface area contributed by atoms with Crippen molar-refractivity contribution in [2.24, 2.45) is 5.92 Å². The van der Waals surface area contributed by atoms with Gasteiger partial charge in [0.15, 0.2) is 0 Å². The van der Waals surface area contributed by atoms with Crippen LogP contribution in [0.4, 0.5) is 30.7 Å². The second-order valence-corrected chi connectivity index (χ2v) is 8.13. The molecule has 0 saturated heterocycles. The van der Waals surface area contributed by atoms with Crippen molar-refractivity contribution in [2.45, 2.75) is 50.2 Å². The number of hydrogen-bond acceptors (Lipinski definition) is 2. The molecule has 0 aromatic heterocycles. The molecule has 1 saturated carbocycles. The van der Waals surface area contributed by atoms with Crippen LogP contribution in [0.2, 0.25) is 0 Å². The summed E-state index contributed by atoms with van der Waals surface area (Å²) in [6.07, 6.45) is -9.92. The monoisotopic (exact) mass is 463 g/mol. The van der Waals surface area contributed by atoms with Crippen molar-refractivity contribution in [3.8, 4) is 0 Å². The van der Waals surface area contributed by atoms with Gasteiger partial charge in [-0.2, -0.15) is 26.3 Å². The molecule has 0 bridgehead atoms. The molecule has 1 fully saturated rings. The molecule has 0 spiro atoms. The molecule has 1 N–H and O–H groups in total. The van der Waals surface area contributed by atoms with Gasteiger partial charge in [-0.05, 0) is 80.7 Å². The van der Waals surface area contributed by atoms with Gasteiger partial charge in [0, 0.05) is 5.92 Å². The van der Waals surface area contributed by atoms with Crippen LogP contribution < -0.4 is 5.32 Å². The molecule has 1 aliphatic carbocycles. The van der Waals surface area contributed by atoms with E-state index in [4.69, 9.17) is 4.74 Å². The molecule has 1 aliphatic rings. The van der Waals surface area contributed by atoms with Crippen LogP contribution in [0, 0.1) is 11.7 Å². The molecule has 32 heavy (non-hydrogen) atoms. The zero-order valence-corrected chi connectivity index (χ0v) is 17.5. The van der Waals surface area contributed by atoms with E-state index in [9.17, 15) is 30.7 Å². The topological polar surface area (TPSA) is 21.3 Å². The SMILES string of the molecule is CNCC1CCC(O[C@H](C)c2cc(C(F)(F)F)cc(C(F)(F)F)c2)C1c1ccc(F)cc1. The Balaban J connectivity index is 1.90. The Morgan fingerprint density at radius 2 is 1.50 bits per heavy atom. The van der Waals surface area contributed by atoms with E-state index >= 15 is 0 Å². The summed E-state index contributed by atoms with van der Waals surface area (Å²) in [6.45, 7) is 2.10. The molecule has 3 unspecified atom stereocenters. The number of hydrogen-bond donors (Lipinski definition) is 1. The Morgan fingerprint density at radius 3 is 2.00 bits per heavy atom. The highest BCUT2D eigenvalue weighted by Crippen LogP contribution is 2.44. The largest absolute Gasteiger partial charge is 0.416 e. The molecule has 0 amide bonds. The van der Waals surface area contributed by atoms with Gasteiger partial charge in [0.1, 0.15) is 5.82 Å². The van der Waals surface area contributed by atoms with Crippen molar-refractivity contribution in [3.63, 3.8) is 0 Å². The first-order valence-electron chi connectivity index (χ1n) is 10.2. The zero-order chi connectivity index (χ0) is 23.7. The summed E-state index contributed by atoms with van der Waals surface area (Å²) in [5.74, 6) is -0.431. The smallest absolute Gasteiger partial charge is 0.370 e. The van der Waals surface area contributed by atoms with E-state index in [-0.39, 0.29) is 23.5 Å². The maximum atomic E-state index is 13.4. The van der Waals surface area contributed by atoms with Gasteiger partial charge in [-0.25, -0.2) is 4.39 Å². The molecule has 0 radical (unpaired) electrons. The van der Waals surface area contributed by atoms with E-state index < -0.39 is 41.5 Å². The fourth-order valence-corrected chi connectivity index (χ4v) is 4.41. The van der Waals surface area contributed by atoms with Crippen LogP contribution in [-0.4, -0.2) is 19.7 Å². The molecular formula is C23H24F7NO. The molecule has 2 aromatic rings. The fourth-order valence-electron chi connectivity index (χ4n) is 4.41. The van der Waals surface area contributed by atoms with Gasteiger partial charge in [0.05, 0.1) is 23.3 Å². The van der Waals surface area contributed by atoms with E-state index in [0.29, 0.717) is 25.1 Å². The molecule has 2 aromatic carbocycles. The molecule has 2 nitrogen and oxygen atoms in total. The van der Waals surface area contributed by atoms with Gasteiger partial charge in [0.25, 0.3) is 0 Å². The number of benzene rings is 2. The third kappa shape index (κ3) is 5.61. The lowest BCUT2D eigenvalue weighted by atomic mass is 9.87. The van der Waals surface area contributed by atoms with Crippen LogP contribution in [0.3, 0.4) is 0 Å². The van der Waals surface area contributed by atoms with Gasteiger partial charge < -0.3 is 10.1 Å². The molecule has 9 heteroatoms. The summed E-state index contributed by atoms with van der Waals surface area (Å²) in [5, 5.41) is 3.09. The quantitative estimate of drug-likeness (QED) is 0.480. The third-order valence-electron chi connectivity index (χ3n) is 5.91. The highest BCUT2D eigenvalue weighted by Gasteiger charge is 2.40. The van der Waals surface area contributed by atoms with Crippen molar-refractivity contribution in [1.29, 1.82) is 0 Å². The minimum absolute atomic E-state index is 0.107. The van der Waals surface area contributed by atoms with Crippen molar-refractivity contribution in [3.05, 3.63) is 70.5 Å². The Bertz CT molecular complexity index is 876. The van der Waals surface area contributed by atoms with Gasteiger partial charge >= 0.3 is 12.4 Å². The van der Waals surface area contributed by atoms with Crippen LogP contribution in [-0.2, 0) is 17.1 Å². The Morgan fingerprint density at radius 1 is 0.938 bits per heavy atom. The maximum Gasteiger partial charge on any atom is 0.416 e. The van der Waals surface area contributed by atoms with Crippen LogP contribution in [0.5, 0.6) is 0 Å². The number of rotatable bonds is 6. The van der Waals surface area contributed by atoms with Gasteiger partial charge in [-0.15, -0.1) is 0 Å². The normalized spacial score (nSPS) is 22.8. The fraction of sp³-hybridized carbons (Fsp3) is 0.478. The maximum absolute atomic E-state index is 13.4. The molecule has 176 valence electrons. The molecule has 3 rings (SSSR count). The second kappa shape index (κ2) is 9.39. The number of nitrogens with one attached hydrogen (secondary N) is 1. The molecule has 0 aliphatic heterocycles. The van der Waals surface area contributed by atoms with Gasteiger partial charge in [-0.3, -0.25) is 0 Å². The minimum Gasteiger partial charge on any atom is -0.370 e. The van der Waals surface area contributed by atoms with Crippen molar-refractivity contribution in [1.82, 2.24) is 5.32 Å². The lowest BCUT2D eigenvalue weighted by molar-refractivity contribution is -0.143. The summed E-state index contributed by atoms with van der Waals surface area (Å²) in [6, 6.07) is 7.44. The number of alkyl halides is 6. The first-order chi connectivity index (χ1) is 14.9. The van der Waals surface area contributed by atoms with Crippen molar-refractivity contribution in [2.75, 3.05) is 13.6 Å². The lowest BCUT2D eigenvalue weighted by Gasteiger charge is -2.28. The minimum atomic E-state index is -4.92. The summed E-state index contributed by atoms with van der Waals surface area (Å²) in [7, 11) is 1.79. The number of ether oxygens (including phenoxy) is 1. The van der Waals surface area contributed by atoms with E-state index in [2.05, 4.69) is 5.32 Å². The standard InChI is InChI=1S/C23H24F7NO/c1-13(16-9-17(22(25,26)27)11-18(10-16)23(28,29)30)32-20-8-5-15(12-31-2)21(20)14-3-6-19(24)7-4-14/h3-4,6-7,9-11,13,15,20-21,31H,5,8,12H2,1-2H3/t13-,15?,20?,21?/m1/s1. The highest BCUT2D eigenvalue weighted by molar-refractivity contribution is 5.35. The molecule has 4 atom stereocenters. The van der Waals surface area contributed by atoms with Crippen LogP contribution >= 0.6 is 0 Å². The molecular weight excluding hydrogens is 439 g/mol. The summed E-state index contributed by atoms with van der Waals surface area (Å²) in [5.41, 5.74) is -2.11. The third-order valence-corrected chi connectivity index (χ3v) is 5.91. The Kier molecular flexibility index (Phi) is 7.19. The first kappa shape index (κ1) is 24.5. The first-order valence-corrected chi connectivity index (χ1v) is 10.2. The van der Waals surface area contributed by atoms with Crippen LogP contribution in [0.1, 0.15) is 54.0 Å². The average molecular weight is 463 g/mol. The number of halogens is 7. The van der Waals surface area contributed by atoms with E-state index in [0.717, 1.165) is 12.0 Å². The second-order valence-electron chi connectivity index (χ2n) is 8.13. The summed E-state index contributed by atoms with van der Waals surface area (Å²) in [4.78, 5) is 0. The van der Waals surface area contributed by atoms with Crippen LogP contribution in [0.15, 0.2) is 42.5 Å². The van der Waals surface area contributed by atoms with E-state index in [1.807, 2.05) is 0 Å². The Hall–Kier alpha value is -2.13. The van der Waals surface area contributed by atoms with Crippen LogP contribution in [0.25, 0.3) is 0 Å². The van der Waals surface area contributed by atoms with Crippen molar-refractivity contribution >= 4 is 0 Å². The summed E-state index contributed by atoms with van der Waals surface area (Å²) >= 11 is 0. The van der Waals surface area contributed by atoms with E-state index in [1.54, 1.807) is 19.2 Å². The zero-order valence-electron chi connectivity index (χ0n) is 17.5. The molecule has 0 heterocycles. The predicted molar refractivity (Wildman–Crippen MR) is 106 cm³/mol. The van der Waals surface area contributed by atoms with Crippen molar-refractivity contribution < 1.29 is 35.5 Å². The Labute approximate surface area is 181 Å². The average Bonchev–Trinajstić information content (AvgIpc) is 3.09.